The molecule has 0 aliphatic carbocycles. The Bertz CT molecular complexity index is 34.9. The summed E-state index contributed by atoms with van der Waals surface area (Å²) in [6.07, 6.45) is 0. The van der Waals surface area contributed by atoms with Gasteiger partial charge in [-0.1, -0.05) is 10.6 Å². The van der Waals surface area contributed by atoms with Crippen molar-refractivity contribution in [1.29, 1.82) is 0 Å². The predicted molar refractivity (Wildman–Crippen MR) is 38.4 cm³/mol. The van der Waals surface area contributed by atoms with Crippen molar-refractivity contribution in [3.8, 4) is 0 Å². The zero-order chi connectivity index (χ0) is 5.54. The first-order valence-corrected chi connectivity index (χ1v) is 4.18. The highest BCUT2D eigenvalue weighted by atomic mass is 33.1. The lowest BCUT2D eigenvalue weighted by Crippen LogP contribution is -1.90. The fraction of sp³-hybridized carbons (Fsp3) is 1.00. The van der Waals surface area contributed by atoms with Gasteiger partial charge in [-0.05, 0) is 18.0 Å². The molecule has 1 N–H and O–H groups in total. The number of nitrogens with one attached hydrogen (secondary N) is 1. The van der Waals surface area contributed by atoms with E-state index in [1.165, 1.54) is 0 Å². The van der Waals surface area contributed by atoms with Gasteiger partial charge in [0.25, 0.3) is 0 Å². The number of hydrogen-bond acceptors (Lipinski definition) is 4. The van der Waals surface area contributed by atoms with Crippen LogP contribution >= 0.6 is 21.6 Å². The molecule has 0 unspecified atom stereocenters. The second kappa shape index (κ2) is 6.68. The van der Waals surface area contributed by atoms with Crippen LogP contribution in [0.25, 0.3) is 0 Å². The molecule has 7 heavy (non-hydrogen) atoms. The van der Waals surface area contributed by atoms with Crippen LogP contribution in [0, 0.1) is 0 Å². The molecule has 0 radical (unpaired) electrons. The van der Waals surface area contributed by atoms with Crippen molar-refractivity contribution in [2.45, 2.75) is 0 Å². The van der Waals surface area contributed by atoms with Crippen LogP contribution in [0.15, 0.2) is 0 Å². The minimum absolute atomic E-state index is 0.742. The zero-order valence-electron chi connectivity index (χ0n) is 4.43. The second-order valence-electron chi connectivity index (χ2n) is 0.812. The third kappa shape index (κ3) is 6.68. The average Bonchev–Trinajstić information content (AvgIpc) is 1.69. The van der Waals surface area contributed by atoms with E-state index in [0.29, 0.717) is 0 Å². The lowest BCUT2D eigenvalue weighted by Gasteiger charge is -1.91. The van der Waals surface area contributed by atoms with E-state index >= 15 is 0 Å². The average molecular weight is 137 g/mol. The first-order valence-electron chi connectivity index (χ1n) is 1.86. The Morgan fingerprint density at radius 2 is 2.43 bits per heavy atom. The van der Waals surface area contributed by atoms with Crippen LogP contribution in [-0.4, -0.2) is 20.9 Å². The molecule has 0 spiro atoms. The summed E-state index contributed by atoms with van der Waals surface area (Å²) in [4.78, 5) is 0. The van der Waals surface area contributed by atoms with Crippen LogP contribution < -0.4 is 4.72 Å². The molecule has 2 nitrogen and oxygen atoms in total. The van der Waals surface area contributed by atoms with E-state index in [1.54, 1.807) is 28.7 Å². The second-order valence-corrected chi connectivity index (χ2v) is 3.07. The molecular formula is C2H8BNOS2. The van der Waals surface area contributed by atoms with E-state index in [1.807, 2.05) is 7.05 Å². The van der Waals surface area contributed by atoms with E-state index in [4.69, 9.17) is 4.65 Å². The normalized spacial score (nSPS) is 8.86. The molecule has 0 amide bonds. The maximum atomic E-state index is 4.75. The van der Waals surface area contributed by atoms with Gasteiger partial charge in [0, 0.05) is 7.11 Å². The Morgan fingerprint density at radius 3 is 2.86 bits per heavy atom. The topological polar surface area (TPSA) is 21.3 Å². The molecule has 0 aromatic carbocycles. The van der Waals surface area contributed by atoms with Gasteiger partial charge in [-0.25, -0.2) is 0 Å². The monoisotopic (exact) mass is 137 g/mol. The minimum atomic E-state index is 0.742. The van der Waals surface area contributed by atoms with E-state index in [-0.39, 0.29) is 0 Å². The van der Waals surface area contributed by atoms with Crippen LogP contribution in [-0.2, 0) is 4.65 Å². The lowest BCUT2D eigenvalue weighted by molar-refractivity contribution is 0.456. The Hall–Kier alpha value is 0.685. The van der Waals surface area contributed by atoms with E-state index in [9.17, 15) is 0 Å². The fourth-order valence-corrected chi connectivity index (χ4v) is 1.18. The largest absolute Gasteiger partial charge is 0.431 e. The third-order valence-corrected chi connectivity index (χ3v) is 2.07. The molecule has 0 heterocycles. The van der Waals surface area contributed by atoms with Gasteiger partial charge >= 0.3 is 6.76 Å². The van der Waals surface area contributed by atoms with Crippen LogP contribution in [0.2, 0.25) is 0 Å². The summed E-state index contributed by atoms with van der Waals surface area (Å²) in [5.74, 6) is 0. The number of hydrogen-bond donors (Lipinski definition) is 1. The summed E-state index contributed by atoms with van der Waals surface area (Å²) in [7, 11) is 6.78. The molecule has 0 aliphatic heterocycles. The van der Waals surface area contributed by atoms with Gasteiger partial charge in [0.1, 0.15) is 0 Å². The standard InChI is InChI=1S/C2H8BNOS2/c1-4-7-6-3-5-2/h3-4H,1-2H3. The van der Waals surface area contributed by atoms with Crippen molar-refractivity contribution in [2.75, 3.05) is 14.2 Å². The Labute approximate surface area is 52.5 Å². The van der Waals surface area contributed by atoms with Crippen molar-refractivity contribution in [3.63, 3.8) is 0 Å². The van der Waals surface area contributed by atoms with Gasteiger partial charge in [-0.15, -0.1) is 0 Å². The quantitative estimate of drug-likeness (QED) is 0.262. The highest BCUT2D eigenvalue weighted by molar-refractivity contribution is 8.84. The lowest BCUT2D eigenvalue weighted by atomic mass is 10.6. The van der Waals surface area contributed by atoms with Crippen LogP contribution in [0.4, 0.5) is 0 Å². The summed E-state index contributed by atoms with van der Waals surface area (Å²) >= 11 is 0. The third-order valence-electron chi connectivity index (χ3n) is 0.308. The van der Waals surface area contributed by atoms with Crippen LogP contribution in [0.5, 0.6) is 0 Å². The van der Waals surface area contributed by atoms with Crippen LogP contribution in [0.3, 0.4) is 0 Å². The number of rotatable bonds is 4. The summed E-state index contributed by atoms with van der Waals surface area (Å²) in [6, 6.07) is 0. The Balaban J connectivity index is 2.45. The first kappa shape index (κ1) is 7.68. The highest BCUT2D eigenvalue weighted by Crippen LogP contribution is 2.12. The highest BCUT2D eigenvalue weighted by Gasteiger charge is 1.84. The molecular weight excluding hydrogens is 129 g/mol. The predicted octanol–water partition coefficient (Wildman–Crippen LogP) is 0.415. The van der Waals surface area contributed by atoms with Crippen molar-refractivity contribution in [2.24, 2.45) is 0 Å². The molecule has 0 fully saturated rings. The zero-order valence-corrected chi connectivity index (χ0v) is 6.06. The van der Waals surface area contributed by atoms with Gasteiger partial charge < -0.3 is 4.65 Å². The summed E-state index contributed by atoms with van der Waals surface area (Å²) < 4.78 is 7.65. The molecule has 0 atom stereocenters. The maximum Gasteiger partial charge on any atom is 0.355 e. The van der Waals surface area contributed by atoms with Crippen molar-refractivity contribution in [3.05, 3.63) is 0 Å². The van der Waals surface area contributed by atoms with E-state index < -0.39 is 0 Å². The molecule has 0 aliphatic rings. The Morgan fingerprint density at radius 1 is 1.71 bits per heavy atom. The molecule has 0 saturated carbocycles. The van der Waals surface area contributed by atoms with Gasteiger partial charge in [-0.3, -0.25) is 4.72 Å². The summed E-state index contributed by atoms with van der Waals surface area (Å²) in [5, 5.41) is 0. The van der Waals surface area contributed by atoms with Crippen molar-refractivity contribution in [1.82, 2.24) is 4.72 Å². The summed E-state index contributed by atoms with van der Waals surface area (Å²) in [5.41, 5.74) is 0. The molecule has 0 saturated heterocycles. The SMILES string of the molecule is CNSSBOC. The minimum Gasteiger partial charge on any atom is -0.431 e. The van der Waals surface area contributed by atoms with Crippen molar-refractivity contribution < 1.29 is 4.65 Å². The Kier molecular flexibility index (Phi) is 7.34. The molecule has 0 rings (SSSR count). The van der Waals surface area contributed by atoms with Gasteiger partial charge in [0.05, 0.1) is 0 Å². The molecule has 5 heteroatoms. The smallest absolute Gasteiger partial charge is 0.355 e. The van der Waals surface area contributed by atoms with Gasteiger partial charge in [-0.2, -0.15) is 0 Å². The fourth-order valence-electron chi connectivity index (χ4n) is 0.131. The first-order chi connectivity index (χ1) is 3.41. The molecule has 0 bridgehead atoms. The van der Waals surface area contributed by atoms with Crippen LogP contribution in [0.1, 0.15) is 0 Å². The van der Waals surface area contributed by atoms with Gasteiger partial charge in [0.15, 0.2) is 0 Å². The molecule has 42 valence electrons. The van der Waals surface area contributed by atoms with Gasteiger partial charge in [0.2, 0.25) is 0 Å². The van der Waals surface area contributed by atoms with Crippen molar-refractivity contribution >= 4 is 28.4 Å². The molecule has 0 aromatic rings. The summed E-state index contributed by atoms with van der Waals surface area (Å²) in [6.45, 7) is 0.742. The van der Waals surface area contributed by atoms with E-state index in [0.717, 1.165) is 6.76 Å². The molecule has 0 aromatic heterocycles. The maximum absolute atomic E-state index is 4.75. The van der Waals surface area contributed by atoms with E-state index in [2.05, 4.69) is 4.72 Å².